The van der Waals surface area contributed by atoms with Crippen molar-refractivity contribution < 1.29 is 24.2 Å². The summed E-state index contributed by atoms with van der Waals surface area (Å²) in [4.78, 5) is 12.0. The first-order valence-corrected chi connectivity index (χ1v) is 6.26. The minimum absolute atomic E-state index is 0.00878. The van der Waals surface area contributed by atoms with E-state index in [1.165, 1.54) is 12.5 Å². The quantitative estimate of drug-likeness (QED) is 0.638. The van der Waals surface area contributed by atoms with Gasteiger partial charge in [0.05, 0.1) is 31.2 Å². The molecule has 5 nitrogen and oxygen atoms in total. The van der Waals surface area contributed by atoms with Crippen molar-refractivity contribution in [1.82, 2.24) is 0 Å². The number of aliphatic hydroxyl groups excluding tert-OH is 1. The Morgan fingerprint density at radius 3 is 3.00 bits per heavy atom. The van der Waals surface area contributed by atoms with Crippen LogP contribution in [0.1, 0.15) is 25.3 Å². The monoisotopic (exact) mass is 266 g/mol. The Morgan fingerprint density at radius 1 is 1.68 bits per heavy atom. The lowest BCUT2D eigenvalue weighted by Gasteiger charge is -2.40. The lowest BCUT2D eigenvalue weighted by Crippen LogP contribution is -2.47. The molecule has 1 saturated carbocycles. The molecular formula is C14H18O5. The van der Waals surface area contributed by atoms with Gasteiger partial charge in [-0.3, -0.25) is 4.79 Å². The third-order valence-electron chi connectivity index (χ3n) is 3.61. The summed E-state index contributed by atoms with van der Waals surface area (Å²) < 4.78 is 9.97. The Kier molecular flexibility index (Phi) is 3.78. The van der Waals surface area contributed by atoms with Gasteiger partial charge >= 0.3 is 5.97 Å². The van der Waals surface area contributed by atoms with Gasteiger partial charge in [0.25, 0.3) is 0 Å². The zero-order valence-corrected chi connectivity index (χ0v) is 10.8. The first-order chi connectivity index (χ1) is 8.99. The Hall–Kier alpha value is -1.59. The van der Waals surface area contributed by atoms with Gasteiger partial charge in [-0.05, 0) is 25.0 Å². The minimum atomic E-state index is -1.49. The average molecular weight is 266 g/mol. The van der Waals surface area contributed by atoms with E-state index in [1.807, 2.05) is 0 Å². The molecule has 0 unspecified atom stereocenters. The molecule has 5 heteroatoms. The molecule has 104 valence electrons. The second-order valence-corrected chi connectivity index (χ2v) is 4.82. The van der Waals surface area contributed by atoms with Crippen LogP contribution in [0, 0.1) is 5.92 Å². The summed E-state index contributed by atoms with van der Waals surface area (Å²) in [5, 5.41) is 20.7. The standard InChI is InChI=1S/C14H18O5/c1-3-19-13(16)11-6-9(2)12(15)7-14(11,17)10-4-5-18-8-10/h4-5,8,11-12,15,17H,2-3,6-7H2,1H3/t11-,12-,14+/m1/s1. The molecule has 19 heavy (non-hydrogen) atoms. The van der Waals surface area contributed by atoms with Crippen LogP contribution in [-0.2, 0) is 15.1 Å². The van der Waals surface area contributed by atoms with Crippen molar-refractivity contribution in [1.29, 1.82) is 0 Å². The summed E-state index contributed by atoms with van der Waals surface area (Å²) in [6, 6.07) is 1.59. The predicted molar refractivity (Wildman–Crippen MR) is 67.1 cm³/mol. The van der Waals surface area contributed by atoms with Crippen molar-refractivity contribution in [3.8, 4) is 0 Å². The van der Waals surface area contributed by atoms with Gasteiger partial charge in [-0.1, -0.05) is 6.58 Å². The van der Waals surface area contributed by atoms with Crippen LogP contribution in [0.4, 0.5) is 0 Å². The van der Waals surface area contributed by atoms with E-state index < -0.39 is 23.6 Å². The van der Waals surface area contributed by atoms with Gasteiger partial charge in [-0.2, -0.15) is 0 Å². The number of hydrogen-bond acceptors (Lipinski definition) is 5. The summed E-state index contributed by atoms with van der Waals surface area (Å²) in [5.41, 5.74) is -0.483. The van der Waals surface area contributed by atoms with Gasteiger partial charge < -0.3 is 19.4 Å². The van der Waals surface area contributed by atoms with Crippen LogP contribution in [0.2, 0.25) is 0 Å². The van der Waals surface area contributed by atoms with Crippen LogP contribution in [0.25, 0.3) is 0 Å². The average Bonchev–Trinajstić information content (AvgIpc) is 2.88. The minimum Gasteiger partial charge on any atom is -0.472 e. The molecule has 0 radical (unpaired) electrons. The summed E-state index contributed by atoms with van der Waals surface area (Å²) in [6.45, 7) is 5.69. The molecule has 1 heterocycles. The highest BCUT2D eigenvalue weighted by Crippen LogP contribution is 2.44. The van der Waals surface area contributed by atoms with E-state index in [4.69, 9.17) is 9.15 Å². The van der Waals surface area contributed by atoms with Crippen molar-refractivity contribution in [2.45, 2.75) is 31.5 Å². The zero-order chi connectivity index (χ0) is 14.0. The van der Waals surface area contributed by atoms with Crippen LogP contribution in [0.15, 0.2) is 35.2 Å². The van der Waals surface area contributed by atoms with E-state index in [-0.39, 0.29) is 19.4 Å². The zero-order valence-electron chi connectivity index (χ0n) is 10.8. The highest BCUT2D eigenvalue weighted by molar-refractivity contribution is 5.75. The van der Waals surface area contributed by atoms with Crippen molar-refractivity contribution in [3.05, 3.63) is 36.3 Å². The van der Waals surface area contributed by atoms with Crippen LogP contribution in [-0.4, -0.2) is 28.9 Å². The number of esters is 1. The third kappa shape index (κ3) is 2.43. The largest absolute Gasteiger partial charge is 0.472 e. The summed E-state index contributed by atoms with van der Waals surface area (Å²) in [6.07, 6.45) is 2.17. The third-order valence-corrected chi connectivity index (χ3v) is 3.61. The molecule has 3 atom stereocenters. The Morgan fingerprint density at radius 2 is 2.42 bits per heavy atom. The molecule has 0 aromatic carbocycles. The highest BCUT2D eigenvalue weighted by atomic mass is 16.5. The molecule has 1 aromatic rings. The van der Waals surface area contributed by atoms with E-state index in [0.29, 0.717) is 11.1 Å². The first kappa shape index (κ1) is 13.8. The number of rotatable bonds is 3. The second kappa shape index (κ2) is 5.19. The summed E-state index contributed by atoms with van der Waals surface area (Å²) in [5.74, 6) is -1.26. The van der Waals surface area contributed by atoms with Gasteiger partial charge in [0.15, 0.2) is 0 Å². The smallest absolute Gasteiger partial charge is 0.312 e. The maximum absolute atomic E-state index is 12.0. The summed E-state index contributed by atoms with van der Waals surface area (Å²) >= 11 is 0. The van der Waals surface area contributed by atoms with E-state index in [0.717, 1.165) is 0 Å². The Balaban J connectivity index is 2.35. The molecule has 1 aliphatic rings. The molecule has 0 spiro atoms. The SMILES string of the molecule is C=C1C[C@H](C(=O)OCC)[C@@](O)(c2ccoc2)C[C@H]1O. The lowest BCUT2D eigenvalue weighted by atomic mass is 9.69. The molecule has 1 aliphatic carbocycles. The lowest BCUT2D eigenvalue weighted by molar-refractivity contribution is -0.164. The highest BCUT2D eigenvalue weighted by Gasteiger charge is 2.49. The molecular weight excluding hydrogens is 248 g/mol. The predicted octanol–water partition coefficient (Wildman–Crippen LogP) is 1.36. The number of hydrogen-bond donors (Lipinski definition) is 2. The Labute approximate surface area is 111 Å². The van der Waals surface area contributed by atoms with Crippen LogP contribution in [0.3, 0.4) is 0 Å². The van der Waals surface area contributed by atoms with Gasteiger partial charge in [0.2, 0.25) is 0 Å². The summed E-state index contributed by atoms with van der Waals surface area (Å²) in [7, 11) is 0. The van der Waals surface area contributed by atoms with Crippen LogP contribution < -0.4 is 0 Å². The van der Waals surface area contributed by atoms with E-state index in [2.05, 4.69) is 6.58 Å². The molecule has 1 fully saturated rings. The first-order valence-electron chi connectivity index (χ1n) is 6.26. The van der Waals surface area contributed by atoms with Crippen molar-refractivity contribution in [3.63, 3.8) is 0 Å². The fraction of sp³-hybridized carbons (Fsp3) is 0.500. The molecule has 2 rings (SSSR count). The van der Waals surface area contributed by atoms with E-state index in [9.17, 15) is 15.0 Å². The molecule has 0 bridgehead atoms. The molecule has 0 amide bonds. The Bertz CT molecular complexity index is 464. The van der Waals surface area contributed by atoms with Crippen LogP contribution >= 0.6 is 0 Å². The maximum atomic E-state index is 12.0. The molecule has 2 N–H and O–H groups in total. The molecule has 0 saturated heterocycles. The topological polar surface area (TPSA) is 79.9 Å². The molecule has 1 aromatic heterocycles. The van der Waals surface area contributed by atoms with E-state index >= 15 is 0 Å². The van der Waals surface area contributed by atoms with Crippen molar-refractivity contribution >= 4 is 5.97 Å². The van der Waals surface area contributed by atoms with Gasteiger partial charge in [-0.25, -0.2) is 0 Å². The van der Waals surface area contributed by atoms with Crippen LogP contribution in [0.5, 0.6) is 0 Å². The van der Waals surface area contributed by atoms with Crippen molar-refractivity contribution in [2.24, 2.45) is 5.92 Å². The fourth-order valence-electron chi connectivity index (χ4n) is 2.50. The number of furan rings is 1. The van der Waals surface area contributed by atoms with Gasteiger partial charge in [0.1, 0.15) is 5.60 Å². The fourth-order valence-corrected chi connectivity index (χ4v) is 2.50. The maximum Gasteiger partial charge on any atom is 0.312 e. The second-order valence-electron chi connectivity index (χ2n) is 4.82. The number of carbonyl (C=O) groups is 1. The number of ether oxygens (including phenoxy) is 1. The number of aliphatic hydroxyl groups is 2. The van der Waals surface area contributed by atoms with Gasteiger partial charge in [-0.15, -0.1) is 0 Å². The van der Waals surface area contributed by atoms with Crippen molar-refractivity contribution in [2.75, 3.05) is 6.61 Å². The normalized spacial score (nSPS) is 31.2. The number of carbonyl (C=O) groups excluding carboxylic acids is 1. The van der Waals surface area contributed by atoms with E-state index in [1.54, 1.807) is 13.0 Å². The molecule has 0 aliphatic heterocycles. The van der Waals surface area contributed by atoms with Gasteiger partial charge in [0, 0.05) is 12.0 Å².